The van der Waals surface area contributed by atoms with Crippen molar-refractivity contribution in [3.63, 3.8) is 0 Å². The first-order chi connectivity index (χ1) is 12.5. The molecular weight excluding hydrogens is 338 g/mol. The normalized spacial score (nSPS) is 9.96. The number of methoxy groups -OCH3 is 2. The molecule has 0 bridgehead atoms. The number of Topliss-reactive ketones (excluding diaryl/α,β-unsaturated/α-hetero) is 1. The topological polar surface area (TPSA) is 90.9 Å². The predicted molar refractivity (Wildman–Crippen MR) is 94.9 cm³/mol. The Labute approximate surface area is 150 Å². The SMILES string of the molecule is COc1cccc(OC)c1C(=O)OCC(=O)Nc1ccccc1C(C)=O. The van der Waals surface area contributed by atoms with E-state index in [1.807, 2.05) is 0 Å². The predicted octanol–water partition coefficient (Wildman–Crippen LogP) is 2.70. The van der Waals surface area contributed by atoms with Crippen molar-refractivity contribution in [1.82, 2.24) is 0 Å². The molecule has 0 saturated heterocycles. The van der Waals surface area contributed by atoms with Crippen LogP contribution < -0.4 is 14.8 Å². The van der Waals surface area contributed by atoms with Gasteiger partial charge in [0, 0.05) is 5.56 Å². The van der Waals surface area contributed by atoms with Crippen LogP contribution in [0, 0.1) is 0 Å². The quantitative estimate of drug-likeness (QED) is 0.605. The summed E-state index contributed by atoms with van der Waals surface area (Å²) in [6.45, 7) is 0.880. The third-order valence-electron chi connectivity index (χ3n) is 3.55. The lowest BCUT2D eigenvalue weighted by Crippen LogP contribution is -2.22. The first-order valence-corrected chi connectivity index (χ1v) is 7.75. The number of amides is 1. The molecule has 7 heteroatoms. The van der Waals surface area contributed by atoms with Gasteiger partial charge in [-0.15, -0.1) is 0 Å². The molecule has 0 unspecified atom stereocenters. The minimum absolute atomic E-state index is 0.0921. The molecule has 0 aliphatic carbocycles. The van der Waals surface area contributed by atoms with Crippen molar-refractivity contribution in [3.8, 4) is 11.5 Å². The summed E-state index contributed by atoms with van der Waals surface area (Å²) in [7, 11) is 2.83. The fourth-order valence-electron chi connectivity index (χ4n) is 2.34. The average molecular weight is 357 g/mol. The second-order valence-corrected chi connectivity index (χ2v) is 5.26. The van der Waals surface area contributed by atoms with Crippen molar-refractivity contribution in [2.45, 2.75) is 6.92 Å². The maximum Gasteiger partial charge on any atom is 0.346 e. The molecule has 0 fully saturated rings. The highest BCUT2D eigenvalue weighted by atomic mass is 16.5. The molecule has 0 spiro atoms. The highest BCUT2D eigenvalue weighted by Gasteiger charge is 2.21. The molecule has 7 nitrogen and oxygen atoms in total. The molecule has 0 aliphatic heterocycles. The molecular formula is C19H19NO6. The Morgan fingerprint density at radius 3 is 2.12 bits per heavy atom. The third-order valence-corrected chi connectivity index (χ3v) is 3.55. The van der Waals surface area contributed by atoms with Gasteiger partial charge >= 0.3 is 5.97 Å². The maximum absolute atomic E-state index is 12.3. The number of ether oxygens (including phenoxy) is 3. The Kier molecular flexibility index (Phi) is 6.32. The second-order valence-electron chi connectivity index (χ2n) is 5.26. The van der Waals surface area contributed by atoms with Gasteiger partial charge in [-0.2, -0.15) is 0 Å². The number of para-hydroxylation sites is 1. The Hall–Kier alpha value is -3.35. The summed E-state index contributed by atoms with van der Waals surface area (Å²) >= 11 is 0. The molecule has 1 amide bonds. The van der Waals surface area contributed by atoms with Crippen molar-refractivity contribution >= 4 is 23.3 Å². The van der Waals surface area contributed by atoms with E-state index in [-0.39, 0.29) is 22.8 Å². The van der Waals surface area contributed by atoms with Gasteiger partial charge in [-0.3, -0.25) is 9.59 Å². The minimum atomic E-state index is -0.755. The molecule has 2 aromatic rings. The van der Waals surface area contributed by atoms with Crippen LogP contribution in [0.3, 0.4) is 0 Å². The third kappa shape index (κ3) is 4.38. The summed E-state index contributed by atoms with van der Waals surface area (Å²) in [6, 6.07) is 11.4. The number of ketones is 1. The van der Waals surface area contributed by atoms with Gasteiger partial charge in [0.2, 0.25) is 0 Å². The van der Waals surface area contributed by atoms with E-state index < -0.39 is 18.5 Å². The van der Waals surface area contributed by atoms with Gasteiger partial charge in [0.25, 0.3) is 5.91 Å². The van der Waals surface area contributed by atoms with E-state index in [1.54, 1.807) is 42.5 Å². The average Bonchev–Trinajstić information content (AvgIpc) is 2.65. The summed E-state index contributed by atoms with van der Waals surface area (Å²) < 4.78 is 15.3. The summed E-state index contributed by atoms with van der Waals surface area (Å²) in [5.74, 6) is -0.958. The Morgan fingerprint density at radius 1 is 0.923 bits per heavy atom. The van der Waals surface area contributed by atoms with Gasteiger partial charge in [-0.05, 0) is 31.2 Å². The van der Waals surface area contributed by atoms with E-state index in [9.17, 15) is 14.4 Å². The maximum atomic E-state index is 12.3. The van der Waals surface area contributed by atoms with Crippen molar-refractivity contribution < 1.29 is 28.6 Å². The van der Waals surface area contributed by atoms with E-state index in [2.05, 4.69) is 5.32 Å². The zero-order chi connectivity index (χ0) is 19.1. The Bertz CT molecular complexity index is 808. The number of nitrogens with one attached hydrogen (secondary N) is 1. The molecule has 0 aromatic heterocycles. The lowest BCUT2D eigenvalue weighted by atomic mass is 10.1. The molecule has 136 valence electrons. The first kappa shape index (κ1) is 19.0. The van der Waals surface area contributed by atoms with E-state index in [1.165, 1.54) is 21.1 Å². The summed E-state index contributed by atoms with van der Waals surface area (Å²) in [4.78, 5) is 36.0. The molecule has 26 heavy (non-hydrogen) atoms. The standard InChI is InChI=1S/C19H19NO6/c1-12(21)13-7-4-5-8-14(13)20-17(22)11-26-19(23)18-15(24-2)9-6-10-16(18)25-3/h4-10H,11H2,1-3H3,(H,20,22). The fourth-order valence-corrected chi connectivity index (χ4v) is 2.34. The van der Waals surface area contributed by atoms with Crippen LogP contribution in [0.5, 0.6) is 11.5 Å². The van der Waals surface area contributed by atoms with E-state index in [0.717, 1.165) is 0 Å². The fraction of sp³-hybridized carbons (Fsp3) is 0.211. The van der Waals surface area contributed by atoms with Gasteiger partial charge in [-0.25, -0.2) is 4.79 Å². The number of esters is 1. The van der Waals surface area contributed by atoms with Crippen molar-refractivity contribution in [1.29, 1.82) is 0 Å². The van der Waals surface area contributed by atoms with E-state index in [0.29, 0.717) is 11.3 Å². The smallest absolute Gasteiger partial charge is 0.346 e. The van der Waals surface area contributed by atoms with Crippen molar-refractivity contribution in [2.75, 3.05) is 26.1 Å². The van der Waals surface area contributed by atoms with Crippen LogP contribution in [0.15, 0.2) is 42.5 Å². The van der Waals surface area contributed by atoms with Crippen LogP contribution in [0.4, 0.5) is 5.69 Å². The summed E-state index contributed by atoms with van der Waals surface area (Å²) in [5.41, 5.74) is 0.823. The zero-order valence-corrected chi connectivity index (χ0v) is 14.7. The number of carbonyl (C=O) groups excluding carboxylic acids is 3. The largest absolute Gasteiger partial charge is 0.496 e. The number of carbonyl (C=O) groups is 3. The highest BCUT2D eigenvalue weighted by Crippen LogP contribution is 2.28. The number of rotatable bonds is 7. The van der Waals surface area contributed by atoms with Gasteiger partial charge in [0.05, 0.1) is 19.9 Å². The lowest BCUT2D eigenvalue weighted by molar-refractivity contribution is -0.119. The molecule has 0 saturated carbocycles. The van der Waals surface area contributed by atoms with Crippen LogP contribution in [0.25, 0.3) is 0 Å². The van der Waals surface area contributed by atoms with Gasteiger partial charge in [0.15, 0.2) is 12.4 Å². The number of anilines is 1. The zero-order valence-electron chi connectivity index (χ0n) is 14.7. The van der Waals surface area contributed by atoms with Crippen LogP contribution in [0.1, 0.15) is 27.6 Å². The second kappa shape index (κ2) is 8.66. The monoisotopic (exact) mass is 357 g/mol. The molecule has 0 atom stereocenters. The minimum Gasteiger partial charge on any atom is -0.496 e. The molecule has 1 N–H and O–H groups in total. The van der Waals surface area contributed by atoms with Gasteiger partial charge in [0.1, 0.15) is 17.1 Å². The van der Waals surface area contributed by atoms with Gasteiger partial charge in [-0.1, -0.05) is 18.2 Å². The van der Waals surface area contributed by atoms with Crippen LogP contribution >= 0.6 is 0 Å². The molecule has 0 radical (unpaired) electrons. The molecule has 2 rings (SSSR count). The van der Waals surface area contributed by atoms with Crippen molar-refractivity contribution in [2.24, 2.45) is 0 Å². The number of hydrogen-bond acceptors (Lipinski definition) is 6. The van der Waals surface area contributed by atoms with Crippen LogP contribution in [-0.2, 0) is 9.53 Å². The molecule has 0 aliphatic rings. The number of benzene rings is 2. The highest BCUT2D eigenvalue weighted by molar-refractivity contribution is 6.04. The number of hydrogen-bond donors (Lipinski definition) is 1. The van der Waals surface area contributed by atoms with E-state index >= 15 is 0 Å². The first-order valence-electron chi connectivity index (χ1n) is 7.75. The molecule has 0 heterocycles. The molecule has 2 aromatic carbocycles. The van der Waals surface area contributed by atoms with Crippen LogP contribution in [0.2, 0.25) is 0 Å². The van der Waals surface area contributed by atoms with Crippen LogP contribution in [-0.4, -0.2) is 38.5 Å². The van der Waals surface area contributed by atoms with E-state index in [4.69, 9.17) is 14.2 Å². The summed E-state index contributed by atoms with van der Waals surface area (Å²) in [6.07, 6.45) is 0. The summed E-state index contributed by atoms with van der Waals surface area (Å²) in [5, 5.41) is 2.56. The van der Waals surface area contributed by atoms with Crippen molar-refractivity contribution in [3.05, 3.63) is 53.6 Å². The lowest BCUT2D eigenvalue weighted by Gasteiger charge is -2.13. The Morgan fingerprint density at radius 2 is 1.54 bits per heavy atom. The van der Waals surface area contributed by atoms with Gasteiger partial charge < -0.3 is 19.5 Å². The Balaban J connectivity index is 2.07.